The van der Waals surface area contributed by atoms with E-state index in [4.69, 9.17) is 23.8 Å². The summed E-state index contributed by atoms with van der Waals surface area (Å²) in [6.07, 6.45) is 0. The summed E-state index contributed by atoms with van der Waals surface area (Å²) in [5.41, 5.74) is 2.13. The number of carbonyl (C=O) groups excluding carboxylic acids is 1. The summed E-state index contributed by atoms with van der Waals surface area (Å²) in [7, 11) is 0. The second-order valence-corrected chi connectivity index (χ2v) is 7.54. The van der Waals surface area contributed by atoms with Crippen molar-refractivity contribution in [3.63, 3.8) is 0 Å². The highest BCUT2D eigenvalue weighted by Gasteiger charge is 2.32. The molecular formula is C22H18ClN3O2S. The van der Waals surface area contributed by atoms with E-state index in [1.54, 1.807) is 37.3 Å². The predicted molar refractivity (Wildman–Crippen MR) is 120 cm³/mol. The van der Waals surface area contributed by atoms with E-state index >= 15 is 0 Å². The number of anilines is 1. The lowest BCUT2D eigenvalue weighted by atomic mass is 9.90. The van der Waals surface area contributed by atoms with Crippen molar-refractivity contribution in [1.82, 2.24) is 10.6 Å². The van der Waals surface area contributed by atoms with Gasteiger partial charge < -0.3 is 21.1 Å². The number of allylic oxidation sites excluding steroid dienone is 1. The maximum absolute atomic E-state index is 13.2. The molecule has 1 heterocycles. The van der Waals surface area contributed by atoms with Crippen LogP contribution in [0.3, 0.4) is 0 Å². The van der Waals surface area contributed by atoms with Gasteiger partial charge in [-0.05, 0) is 48.1 Å². The summed E-state index contributed by atoms with van der Waals surface area (Å²) in [4.78, 5) is 13.2. The molecule has 4 rings (SSSR count). The number of rotatable bonds is 3. The minimum atomic E-state index is -0.627. The third-order valence-corrected chi connectivity index (χ3v) is 5.42. The first kappa shape index (κ1) is 19.2. The Morgan fingerprint density at radius 3 is 2.62 bits per heavy atom. The SMILES string of the molecule is CC1=C(C(=O)Nc2ccccc2Cl)C(c2c(O)ccc3ccccc23)NC(=S)N1. The number of carbonyl (C=O) groups is 1. The maximum Gasteiger partial charge on any atom is 0.255 e. The van der Waals surface area contributed by atoms with Gasteiger partial charge in [0.05, 0.1) is 22.3 Å². The van der Waals surface area contributed by atoms with E-state index in [1.807, 2.05) is 30.3 Å². The van der Waals surface area contributed by atoms with Crippen molar-refractivity contribution in [2.75, 3.05) is 5.32 Å². The molecular weight excluding hydrogens is 406 g/mol. The fourth-order valence-corrected chi connectivity index (χ4v) is 4.01. The maximum atomic E-state index is 13.2. The molecule has 0 aliphatic carbocycles. The topological polar surface area (TPSA) is 73.4 Å². The lowest BCUT2D eigenvalue weighted by molar-refractivity contribution is -0.113. The molecule has 3 aromatic carbocycles. The molecule has 1 amide bonds. The Hall–Kier alpha value is -3.09. The van der Waals surface area contributed by atoms with Crippen LogP contribution in [0.25, 0.3) is 10.8 Å². The number of amides is 1. The molecule has 1 atom stereocenters. The van der Waals surface area contributed by atoms with E-state index < -0.39 is 6.04 Å². The molecule has 0 bridgehead atoms. The van der Waals surface area contributed by atoms with Gasteiger partial charge in [-0.2, -0.15) is 0 Å². The van der Waals surface area contributed by atoms with Crippen molar-refractivity contribution in [1.29, 1.82) is 0 Å². The molecule has 4 N–H and O–H groups in total. The highest BCUT2D eigenvalue weighted by atomic mass is 35.5. The summed E-state index contributed by atoms with van der Waals surface area (Å²) >= 11 is 11.5. The van der Waals surface area contributed by atoms with Gasteiger partial charge in [-0.15, -0.1) is 0 Å². The Bertz CT molecular complexity index is 1180. The van der Waals surface area contributed by atoms with Gasteiger partial charge in [-0.3, -0.25) is 4.79 Å². The Kier molecular flexibility index (Phi) is 5.13. The van der Waals surface area contributed by atoms with Crippen LogP contribution < -0.4 is 16.0 Å². The first-order chi connectivity index (χ1) is 14.0. The summed E-state index contributed by atoms with van der Waals surface area (Å²) in [5.74, 6) is -0.253. The van der Waals surface area contributed by atoms with E-state index in [0.717, 1.165) is 10.8 Å². The number of benzene rings is 3. The Morgan fingerprint density at radius 1 is 1.10 bits per heavy atom. The summed E-state index contributed by atoms with van der Waals surface area (Å²) in [6.45, 7) is 1.78. The lowest BCUT2D eigenvalue weighted by Crippen LogP contribution is -2.45. The zero-order valence-corrected chi connectivity index (χ0v) is 17.1. The van der Waals surface area contributed by atoms with Gasteiger partial charge in [0.25, 0.3) is 5.91 Å². The van der Waals surface area contributed by atoms with Crippen molar-refractivity contribution in [2.24, 2.45) is 0 Å². The van der Waals surface area contributed by atoms with Crippen LogP contribution in [0.15, 0.2) is 71.9 Å². The van der Waals surface area contributed by atoms with Crippen LogP contribution in [-0.2, 0) is 4.79 Å². The second kappa shape index (κ2) is 7.73. The van der Waals surface area contributed by atoms with E-state index in [2.05, 4.69) is 16.0 Å². The van der Waals surface area contributed by atoms with Crippen LogP contribution in [0, 0.1) is 0 Å². The predicted octanol–water partition coefficient (Wildman–Crippen LogP) is 4.63. The van der Waals surface area contributed by atoms with Gasteiger partial charge in [0.1, 0.15) is 5.75 Å². The van der Waals surface area contributed by atoms with Crippen LogP contribution in [0.5, 0.6) is 5.75 Å². The van der Waals surface area contributed by atoms with Crippen LogP contribution in [0.1, 0.15) is 18.5 Å². The third kappa shape index (κ3) is 3.64. The largest absolute Gasteiger partial charge is 0.508 e. The molecule has 0 spiro atoms. The van der Waals surface area contributed by atoms with Crippen LogP contribution in [0.2, 0.25) is 5.02 Å². The number of hydrogen-bond acceptors (Lipinski definition) is 3. The van der Waals surface area contributed by atoms with Crippen molar-refractivity contribution < 1.29 is 9.90 Å². The Labute approximate surface area is 178 Å². The van der Waals surface area contributed by atoms with E-state index in [-0.39, 0.29) is 11.7 Å². The number of phenolic OH excluding ortho intramolecular Hbond substituents is 1. The fraction of sp³-hybridized carbons (Fsp3) is 0.0909. The minimum Gasteiger partial charge on any atom is -0.508 e. The zero-order valence-electron chi connectivity index (χ0n) is 15.5. The number of thiocarbonyl (C=S) groups is 1. The third-order valence-electron chi connectivity index (χ3n) is 4.87. The molecule has 0 fully saturated rings. The molecule has 0 saturated heterocycles. The van der Waals surface area contributed by atoms with Gasteiger partial charge in [0.2, 0.25) is 0 Å². The summed E-state index contributed by atoms with van der Waals surface area (Å²) in [5, 5.41) is 22.3. The monoisotopic (exact) mass is 423 g/mol. The van der Waals surface area contributed by atoms with Crippen LogP contribution in [0.4, 0.5) is 5.69 Å². The minimum absolute atomic E-state index is 0.0849. The highest BCUT2D eigenvalue weighted by molar-refractivity contribution is 7.80. The number of para-hydroxylation sites is 1. The van der Waals surface area contributed by atoms with Crippen molar-refractivity contribution in [3.05, 3.63) is 82.5 Å². The van der Waals surface area contributed by atoms with Gasteiger partial charge in [0, 0.05) is 11.3 Å². The summed E-state index contributed by atoms with van der Waals surface area (Å²) in [6, 6.07) is 17.6. The average molecular weight is 424 g/mol. The van der Waals surface area contributed by atoms with Gasteiger partial charge in [-0.25, -0.2) is 0 Å². The quantitative estimate of drug-likeness (QED) is 0.462. The highest BCUT2D eigenvalue weighted by Crippen LogP contribution is 2.38. The van der Waals surface area contributed by atoms with E-state index in [9.17, 15) is 9.90 Å². The van der Waals surface area contributed by atoms with Gasteiger partial charge >= 0.3 is 0 Å². The lowest BCUT2D eigenvalue weighted by Gasteiger charge is -2.31. The molecule has 3 aromatic rings. The smallest absolute Gasteiger partial charge is 0.255 e. The molecule has 0 aromatic heterocycles. The molecule has 7 heteroatoms. The Morgan fingerprint density at radius 2 is 1.83 bits per heavy atom. The van der Waals surface area contributed by atoms with Crippen molar-refractivity contribution in [3.8, 4) is 5.75 Å². The first-order valence-electron chi connectivity index (χ1n) is 9.00. The second-order valence-electron chi connectivity index (χ2n) is 6.72. The number of aromatic hydroxyl groups is 1. The number of nitrogens with one attached hydrogen (secondary N) is 3. The number of hydrogen-bond donors (Lipinski definition) is 4. The zero-order chi connectivity index (χ0) is 20.5. The van der Waals surface area contributed by atoms with Crippen LogP contribution >= 0.6 is 23.8 Å². The molecule has 1 aliphatic heterocycles. The van der Waals surface area contributed by atoms with Gasteiger partial charge in [-0.1, -0.05) is 54.1 Å². The molecule has 29 heavy (non-hydrogen) atoms. The molecule has 0 radical (unpaired) electrons. The molecule has 146 valence electrons. The molecule has 1 unspecified atom stereocenters. The Balaban J connectivity index is 1.83. The van der Waals surface area contributed by atoms with E-state index in [0.29, 0.717) is 32.7 Å². The van der Waals surface area contributed by atoms with Crippen molar-refractivity contribution >= 4 is 51.3 Å². The number of fused-ring (bicyclic) bond motifs is 1. The molecule has 5 nitrogen and oxygen atoms in total. The summed E-state index contributed by atoms with van der Waals surface area (Å²) < 4.78 is 0. The average Bonchev–Trinajstić information content (AvgIpc) is 2.69. The van der Waals surface area contributed by atoms with E-state index in [1.165, 1.54) is 0 Å². The first-order valence-corrected chi connectivity index (χ1v) is 9.79. The normalized spacial score (nSPS) is 16.3. The standard InChI is InChI=1S/C22H18ClN3O2S/c1-12-18(21(28)25-16-9-5-4-8-15(16)23)20(26-22(29)24-12)19-14-7-3-2-6-13(14)10-11-17(19)27/h2-11,20,27H,1H3,(H,25,28)(H2,24,26,29). The molecule has 0 saturated carbocycles. The number of halogens is 1. The number of phenols is 1. The van der Waals surface area contributed by atoms with Crippen molar-refractivity contribution in [2.45, 2.75) is 13.0 Å². The molecule has 1 aliphatic rings. The van der Waals surface area contributed by atoms with Gasteiger partial charge in [0.15, 0.2) is 5.11 Å². The fourth-order valence-electron chi connectivity index (χ4n) is 3.55. The van der Waals surface area contributed by atoms with Crippen LogP contribution in [-0.4, -0.2) is 16.1 Å².